The molecule has 0 aliphatic carbocycles. The molecular weight excluding hydrogens is 382 g/mol. The Morgan fingerprint density at radius 1 is 1.12 bits per heavy atom. The molecule has 0 aromatic heterocycles. The van der Waals surface area contributed by atoms with Crippen molar-refractivity contribution in [3.8, 4) is 0 Å². The average Bonchev–Trinajstić information content (AvgIpc) is 2.53. The van der Waals surface area contributed by atoms with Crippen LogP contribution in [0.4, 0.5) is 8.78 Å². The fourth-order valence-electron chi connectivity index (χ4n) is 2.09. The van der Waals surface area contributed by atoms with Crippen LogP contribution in [-0.2, 0) is 4.79 Å². The standard InChI is InChI=1S/C17H15BrF2N2O2/c1-10(14-7-6-13(19)8-15(14)20)22-16(23)9-21-17(24)11-2-4-12(18)5-3-11/h2-8,10H,9H2,1H3,(H,21,24)(H,22,23)/t10-/m0/s1. The highest BCUT2D eigenvalue weighted by Gasteiger charge is 2.15. The first-order valence-corrected chi connectivity index (χ1v) is 7.94. The molecule has 0 saturated carbocycles. The third-order valence-corrected chi connectivity index (χ3v) is 3.85. The molecule has 2 amide bonds. The Balaban J connectivity index is 1.88. The molecule has 0 aliphatic heterocycles. The zero-order valence-electron chi connectivity index (χ0n) is 12.8. The molecule has 1 atom stereocenters. The molecule has 7 heteroatoms. The zero-order chi connectivity index (χ0) is 17.7. The Labute approximate surface area is 146 Å². The molecule has 126 valence electrons. The van der Waals surface area contributed by atoms with Gasteiger partial charge in [0.1, 0.15) is 11.6 Å². The van der Waals surface area contributed by atoms with E-state index in [0.29, 0.717) is 5.56 Å². The highest BCUT2D eigenvalue weighted by Crippen LogP contribution is 2.17. The fraction of sp³-hybridized carbons (Fsp3) is 0.176. The third kappa shape index (κ3) is 4.86. The third-order valence-electron chi connectivity index (χ3n) is 3.32. The van der Waals surface area contributed by atoms with Crippen LogP contribution < -0.4 is 10.6 Å². The van der Waals surface area contributed by atoms with Crippen molar-refractivity contribution in [1.82, 2.24) is 10.6 Å². The van der Waals surface area contributed by atoms with Gasteiger partial charge in [0.15, 0.2) is 0 Å². The summed E-state index contributed by atoms with van der Waals surface area (Å²) in [7, 11) is 0. The fourth-order valence-corrected chi connectivity index (χ4v) is 2.35. The van der Waals surface area contributed by atoms with E-state index in [2.05, 4.69) is 26.6 Å². The van der Waals surface area contributed by atoms with Crippen LogP contribution in [0.25, 0.3) is 0 Å². The summed E-state index contributed by atoms with van der Waals surface area (Å²) in [6, 6.07) is 9.17. The van der Waals surface area contributed by atoms with Crippen LogP contribution in [0.5, 0.6) is 0 Å². The molecule has 0 saturated heterocycles. The summed E-state index contributed by atoms with van der Waals surface area (Å²) in [4.78, 5) is 23.8. The lowest BCUT2D eigenvalue weighted by molar-refractivity contribution is -0.120. The van der Waals surface area contributed by atoms with Gasteiger partial charge in [-0.25, -0.2) is 8.78 Å². The van der Waals surface area contributed by atoms with E-state index in [1.54, 1.807) is 31.2 Å². The minimum atomic E-state index is -0.735. The lowest BCUT2D eigenvalue weighted by Gasteiger charge is -2.15. The van der Waals surface area contributed by atoms with Gasteiger partial charge in [-0.2, -0.15) is 0 Å². The number of nitrogens with one attached hydrogen (secondary N) is 2. The van der Waals surface area contributed by atoms with Crippen molar-refractivity contribution in [2.75, 3.05) is 6.54 Å². The van der Waals surface area contributed by atoms with Crippen LogP contribution in [0.2, 0.25) is 0 Å². The number of hydrogen-bond donors (Lipinski definition) is 2. The van der Waals surface area contributed by atoms with E-state index in [4.69, 9.17) is 0 Å². The van der Waals surface area contributed by atoms with Crippen molar-refractivity contribution in [1.29, 1.82) is 0 Å². The Morgan fingerprint density at radius 3 is 2.42 bits per heavy atom. The molecule has 0 aliphatic rings. The summed E-state index contributed by atoms with van der Waals surface area (Å²) in [5, 5.41) is 5.03. The second kappa shape index (κ2) is 8.01. The minimum absolute atomic E-state index is 0.170. The van der Waals surface area contributed by atoms with Gasteiger partial charge in [-0.3, -0.25) is 9.59 Å². The number of halogens is 3. The number of carbonyl (C=O) groups excluding carboxylic acids is 2. The van der Waals surface area contributed by atoms with Gasteiger partial charge in [-0.1, -0.05) is 22.0 Å². The number of carbonyl (C=O) groups is 2. The lowest BCUT2D eigenvalue weighted by atomic mass is 10.1. The van der Waals surface area contributed by atoms with Gasteiger partial charge >= 0.3 is 0 Å². The summed E-state index contributed by atoms with van der Waals surface area (Å²) in [5.41, 5.74) is 0.590. The van der Waals surface area contributed by atoms with Crippen molar-refractivity contribution in [3.63, 3.8) is 0 Å². The molecule has 0 fully saturated rings. The zero-order valence-corrected chi connectivity index (χ0v) is 14.4. The largest absolute Gasteiger partial charge is 0.348 e. The van der Waals surface area contributed by atoms with Gasteiger partial charge in [0.2, 0.25) is 5.91 Å². The van der Waals surface area contributed by atoms with Crippen molar-refractivity contribution >= 4 is 27.7 Å². The molecular formula is C17H15BrF2N2O2. The smallest absolute Gasteiger partial charge is 0.251 e. The Morgan fingerprint density at radius 2 is 1.79 bits per heavy atom. The Hall–Kier alpha value is -2.28. The maximum atomic E-state index is 13.7. The predicted octanol–water partition coefficient (Wildman–Crippen LogP) is 3.33. The second-order valence-electron chi connectivity index (χ2n) is 5.14. The maximum absolute atomic E-state index is 13.7. The van der Waals surface area contributed by atoms with E-state index >= 15 is 0 Å². The van der Waals surface area contributed by atoms with Crippen LogP contribution in [0.3, 0.4) is 0 Å². The summed E-state index contributed by atoms with van der Waals surface area (Å²) in [5.74, 6) is -2.28. The molecule has 2 aromatic rings. The first kappa shape index (κ1) is 18.1. The lowest BCUT2D eigenvalue weighted by Crippen LogP contribution is -2.38. The quantitative estimate of drug-likeness (QED) is 0.814. The van der Waals surface area contributed by atoms with Gasteiger partial charge in [0.25, 0.3) is 5.91 Å². The van der Waals surface area contributed by atoms with Crippen molar-refractivity contribution in [3.05, 3.63) is 69.7 Å². The van der Waals surface area contributed by atoms with Gasteiger partial charge < -0.3 is 10.6 Å². The summed E-state index contributed by atoms with van der Waals surface area (Å²) in [6.07, 6.45) is 0. The Kier molecular flexibility index (Phi) is 6.03. The normalized spacial score (nSPS) is 11.7. The first-order valence-electron chi connectivity index (χ1n) is 7.15. The molecule has 0 unspecified atom stereocenters. The van der Waals surface area contributed by atoms with E-state index in [1.165, 1.54) is 6.07 Å². The van der Waals surface area contributed by atoms with E-state index in [9.17, 15) is 18.4 Å². The molecule has 2 rings (SSSR count). The van der Waals surface area contributed by atoms with E-state index in [1.807, 2.05) is 0 Å². The van der Waals surface area contributed by atoms with Crippen LogP contribution in [0, 0.1) is 11.6 Å². The van der Waals surface area contributed by atoms with E-state index < -0.39 is 29.5 Å². The van der Waals surface area contributed by atoms with Crippen LogP contribution in [-0.4, -0.2) is 18.4 Å². The molecule has 4 nitrogen and oxygen atoms in total. The SMILES string of the molecule is C[C@H](NC(=O)CNC(=O)c1ccc(Br)cc1)c1ccc(F)cc1F. The molecule has 0 spiro atoms. The average molecular weight is 397 g/mol. The molecule has 2 N–H and O–H groups in total. The van der Waals surface area contributed by atoms with E-state index in [0.717, 1.165) is 16.6 Å². The van der Waals surface area contributed by atoms with E-state index in [-0.39, 0.29) is 12.1 Å². The highest BCUT2D eigenvalue weighted by atomic mass is 79.9. The number of rotatable bonds is 5. The first-order chi connectivity index (χ1) is 11.4. The summed E-state index contributed by atoms with van der Waals surface area (Å²) in [6.45, 7) is 1.33. The van der Waals surface area contributed by atoms with Crippen LogP contribution in [0.1, 0.15) is 28.9 Å². The molecule has 0 heterocycles. The minimum Gasteiger partial charge on any atom is -0.348 e. The number of benzene rings is 2. The monoisotopic (exact) mass is 396 g/mol. The van der Waals surface area contributed by atoms with Gasteiger partial charge in [0.05, 0.1) is 12.6 Å². The highest BCUT2D eigenvalue weighted by molar-refractivity contribution is 9.10. The summed E-state index contributed by atoms with van der Waals surface area (Å²) >= 11 is 3.27. The van der Waals surface area contributed by atoms with Crippen LogP contribution in [0.15, 0.2) is 46.9 Å². The number of hydrogen-bond acceptors (Lipinski definition) is 2. The van der Waals surface area contributed by atoms with Crippen molar-refractivity contribution in [2.24, 2.45) is 0 Å². The van der Waals surface area contributed by atoms with Crippen LogP contribution >= 0.6 is 15.9 Å². The van der Waals surface area contributed by atoms with Crippen molar-refractivity contribution < 1.29 is 18.4 Å². The van der Waals surface area contributed by atoms with Crippen molar-refractivity contribution in [2.45, 2.75) is 13.0 Å². The maximum Gasteiger partial charge on any atom is 0.251 e. The topological polar surface area (TPSA) is 58.2 Å². The number of amides is 2. The van der Waals surface area contributed by atoms with Gasteiger partial charge in [0, 0.05) is 21.7 Å². The molecule has 24 heavy (non-hydrogen) atoms. The van der Waals surface area contributed by atoms with Gasteiger partial charge in [-0.05, 0) is 37.3 Å². The molecule has 0 radical (unpaired) electrons. The predicted molar refractivity (Wildman–Crippen MR) is 89.4 cm³/mol. The van der Waals surface area contributed by atoms with Gasteiger partial charge in [-0.15, -0.1) is 0 Å². The Bertz CT molecular complexity index is 751. The molecule has 0 bridgehead atoms. The molecule has 2 aromatic carbocycles. The summed E-state index contributed by atoms with van der Waals surface area (Å²) < 4.78 is 27.4. The second-order valence-corrected chi connectivity index (χ2v) is 6.06.